The van der Waals surface area contributed by atoms with Gasteiger partial charge in [-0.25, -0.2) is 14.3 Å². The van der Waals surface area contributed by atoms with E-state index in [1.54, 1.807) is 11.0 Å². The molecule has 0 aliphatic rings. The first-order chi connectivity index (χ1) is 11.2. The fraction of sp³-hybridized carbons (Fsp3) is 0.125. The molecule has 0 aliphatic carbocycles. The number of benzene rings is 2. The number of nitrogens with zero attached hydrogens (tertiary/aromatic N) is 6. The topological polar surface area (TPSA) is 61.4 Å². The van der Waals surface area contributed by atoms with Crippen LogP contribution in [0.4, 0.5) is 0 Å². The van der Waals surface area contributed by atoms with Crippen molar-refractivity contribution in [2.75, 3.05) is 0 Å². The van der Waals surface area contributed by atoms with E-state index in [4.69, 9.17) is 11.6 Å². The molecule has 0 N–H and O–H groups in total. The van der Waals surface area contributed by atoms with Crippen molar-refractivity contribution in [2.24, 2.45) is 7.05 Å². The minimum Gasteiger partial charge on any atom is -0.248 e. The Labute approximate surface area is 137 Å². The van der Waals surface area contributed by atoms with Crippen molar-refractivity contribution in [2.45, 2.75) is 6.04 Å². The van der Waals surface area contributed by atoms with Crippen molar-refractivity contribution in [3.05, 3.63) is 71.3 Å². The maximum absolute atomic E-state index is 6.02. The van der Waals surface area contributed by atoms with Gasteiger partial charge in [-0.1, -0.05) is 35.0 Å². The van der Waals surface area contributed by atoms with Gasteiger partial charge in [0.25, 0.3) is 0 Å². The molecule has 0 bridgehead atoms. The highest BCUT2D eigenvalue weighted by atomic mass is 35.5. The molecule has 0 fully saturated rings. The Hall–Kier alpha value is -2.73. The summed E-state index contributed by atoms with van der Waals surface area (Å²) >= 11 is 6.02. The predicted molar refractivity (Wildman–Crippen MR) is 87.2 cm³/mol. The van der Waals surface area contributed by atoms with Crippen molar-refractivity contribution in [1.82, 2.24) is 29.8 Å². The Kier molecular flexibility index (Phi) is 3.31. The average molecular weight is 327 g/mol. The number of hydrogen-bond donors (Lipinski definition) is 0. The first-order valence-corrected chi connectivity index (χ1v) is 7.49. The van der Waals surface area contributed by atoms with Crippen LogP contribution in [-0.4, -0.2) is 29.8 Å². The molecule has 6 nitrogen and oxygen atoms in total. The molecule has 2 heterocycles. The Balaban J connectivity index is 1.89. The smallest absolute Gasteiger partial charge is 0.137 e. The highest BCUT2D eigenvalue weighted by Crippen LogP contribution is 2.28. The second-order valence-electron chi connectivity index (χ2n) is 5.29. The summed E-state index contributed by atoms with van der Waals surface area (Å²) in [6.07, 6.45) is 3.25. The monoisotopic (exact) mass is 326 g/mol. The van der Waals surface area contributed by atoms with Crippen LogP contribution in [0, 0.1) is 0 Å². The zero-order chi connectivity index (χ0) is 15.8. The van der Waals surface area contributed by atoms with E-state index in [0.717, 1.165) is 22.2 Å². The van der Waals surface area contributed by atoms with Gasteiger partial charge in [0.05, 0.1) is 5.52 Å². The maximum Gasteiger partial charge on any atom is 0.137 e. The maximum atomic E-state index is 6.02. The molecule has 7 heteroatoms. The van der Waals surface area contributed by atoms with Crippen LogP contribution in [0.3, 0.4) is 0 Å². The molecule has 2 aromatic heterocycles. The third-order valence-electron chi connectivity index (χ3n) is 3.84. The molecule has 4 rings (SSSR count). The molecule has 2 aromatic carbocycles. The SMILES string of the molecule is [14CH3]n1nnc2ccc(C(c3ccc(Cl)cc3)n3cncn3)cc21. The fourth-order valence-corrected chi connectivity index (χ4v) is 2.84. The third kappa shape index (κ3) is 2.47. The molecular weight excluding hydrogens is 314 g/mol. The van der Waals surface area contributed by atoms with Crippen LogP contribution < -0.4 is 0 Å². The van der Waals surface area contributed by atoms with E-state index in [1.807, 2.05) is 48.1 Å². The van der Waals surface area contributed by atoms with Gasteiger partial charge in [-0.05, 0) is 35.4 Å². The van der Waals surface area contributed by atoms with Crippen molar-refractivity contribution in [1.29, 1.82) is 0 Å². The van der Waals surface area contributed by atoms with Crippen LogP contribution in [0.5, 0.6) is 0 Å². The third-order valence-corrected chi connectivity index (χ3v) is 4.09. The summed E-state index contributed by atoms with van der Waals surface area (Å²) in [7, 11) is 1.88. The second-order valence-corrected chi connectivity index (χ2v) is 5.73. The van der Waals surface area contributed by atoms with Crippen LogP contribution >= 0.6 is 11.6 Å². The highest BCUT2D eigenvalue weighted by Gasteiger charge is 2.18. The van der Waals surface area contributed by atoms with Gasteiger partial charge in [-0.15, -0.1) is 5.10 Å². The molecule has 0 saturated heterocycles. The molecule has 0 aliphatic heterocycles. The van der Waals surface area contributed by atoms with E-state index in [9.17, 15) is 0 Å². The van der Waals surface area contributed by atoms with E-state index < -0.39 is 0 Å². The molecule has 0 spiro atoms. The first kappa shape index (κ1) is 13.9. The number of aromatic nitrogens is 6. The van der Waals surface area contributed by atoms with E-state index in [0.29, 0.717) is 5.02 Å². The predicted octanol–water partition coefficient (Wildman–Crippen LogP) is 2.85. The molecular formula is C16H13ClN6. The Bertz CT molecular complexity index is 943. The quantitative estimate of drug-likeness (QED) is 0.581. The zero-order valence-electron chi connectivity index (χ0n) is 12.3. The number of fused-ring (bicyclic) bond motifs is 1. The van der Waals surface area contributed by atoms with Crippen molar-refractivity contribution in [3.63, 3.8) is 0 Å². The van der Waals surface area contributed by atoms with Gasteiger partial charge < -0.3 is 0 Å². The number of rotatable bonds is 3. The number of halogens is 1. The van der Waals surface area contributed by atoms with Gasteiger partial charge in [-0.2, -0.15) is 5.10 Å². The molecule has 114 valence electrons. The molecule has 0 saturated carbocycles. The number of aryl methyl sites for hydroxylation is 1. The van der Waals surface area contributed by atoms with Crippen molar-refractivity contribution >= 4 is 22.6 Å². The molecule has 1 unspecified atom stereocenters. The summed E-state index contributed by atoms with van der Waals surface area (Å²) < 4.78 is 3.59. The summed E-state index contributed by atoms with van der Waals surface area (Å²) in [6, 6.07) is 13.8. The molecule has 1 atom stereocenters. The molecule has 0 amide bonds. The van der Waals surface area contributed by atoms with Gasteiger partial charge in [0.1, 0.15) is 24.2 Å². The summed E-state index contributed by atoms with van der Waals surface area (Å²) in [6.45, 7) is 0. The Morgan fingerprint density at radius 3 is 2.57 bits per heavy atom. The highest BCUT2D eigenvalue weighted by molar-refractivity contribution is 6.30. The first-order valence-electron chi connectivity index (χ1n) is 7.11. The normalized spacial score (nSPS) is 12.6. The van der Waals surface area contributed by atoms with Crippen molar-refractivity contribution in [3.8, 4) is 0 Å². The Morgan fingerprint density at radius 2 is 1.83 bits per heavy atom. The van der Waals surface area contributed by atoms with E-state index in [2.05, 4.69) is 26.5 Å². The second kappa shape index (κ2) is 5.48. The van der Waals surface area contributed by atoms with Gasteiger partial charge in [-0.3, -0.25) is 0 Å². The molecule has 4 aromatic rings. The summed E-state index contributed by atoms with van der Waals surface area (Å²) in [5, 5.41) is 13.2. The zero-order valence-corrected chi connectivity index (χ0v) is 13.1. The minimum atomic E-state index is -0.0888. The standard InChI is InChI=1S/C16H13ClN6/c1-22-15-8-12(4-7-14(15)20-21-22)16(23-10-18-9-19-23)11-2-5-13(17)6-3-11/h2-10,16H,1H3/i1+2. The number of hydrogen-bond acceptors (Lipinski definition) is 4. The fourth-order valence-electron chi connectivity index (χ4n) is 2.71. The van der Waals surface area contributed by atoms with Crippen molar-refractivity contribution < 1.29 is 0 Å². The summed E-state index contributed by atoms with van der Waals surface area (Å²) in [4.78, 5) is 4.08. The molecule has 23 heavy (non-hydrogen) atoms. The molecule has 0 radical (unpaired) electrons. The largest absolute Gasteiger partial charge is 0.248 e. The van der Waals surface area contributed by atoms with E-state index in [-0.39, 0.29) is 6.04 Å². The average Bonchev–Trinajstić information content (AvgIpc) is 3.21. The van der Waals surface area contributed by atoms with Gasteiger partial charge >= 0.3 is 0 Å². The lowest BCUT2D eigenvalue weighted by Crippen LogP contribution is -2.13. The lowest BCUT2D eigenvalue weighted by atomic mass is 9.98. The van der Waals surface area contributed by atoms with Crippen LogP contribution in [0.25, 0.3) is 11.0 Å². The van der Waals surface area contributed by atoms with E-state index in [1.165, 1.54) is 6.33 Å². The van der Waals surface area contributed by atoms with Gasteiger partial charge in [0.2, 0.25) is 0 Å². The van der Waals surface area contributed by atoms with Crippen LogP contribution in [0.2, 0.25) is 5.02 Å². The van der Waals surface area contributed by atoms with Crippen LogP contribution in [-0.2, 0) is 7.05 Å². The minimum absolute atomic E-state index is 0.0888. The Morgan fingerprint density at radius 1 is 1.04 bits per heavy atom. The van der Waals surface area contributed by atoms with Crippen LogP contribution in [0.15, 0.2) is 55.1 Å². The van der Waals surface area contributed by atoms with Crippen LogP contribution in [0.1, 0.15) is 17.2 Å². The lowest BCUT2D eigenvalue weighted by Gasteiger charge is -2.18. The van der Waals surface area contributed by atoms with Gasteiger partial charge in [0, 0.05) is 12.1 Å². The lowest BCUT2D eigenvalue weighted by molar-refractivity contribution is 0.594. The van der Waals surface area contributed by atoms with E-state index >= 15 is 0 Å². The van der Waals surface area contributed by atoms with Gasteiger partial charge in [0.15, 0.2) is 0 Å². The summed E-state index contributed by atoms with van der Waals surface area (Å²) in [5.41, 5.74) is 4.00. The summed E-state index contributed by atoms with van der Waals surface area (Å²) in [5.74, 6) is 0.